The lowest BCUT2D eigenvalue weighted by molar-refractivity contribution is 1.46. The standard InChI is InChI=1S/C10H10N4/c11-5-3-13-7-1-2-8-10(9(5)7)6(12)4-14-8/h1-4,13-14H,11-12H2. The summed E-state index contributed by atoms with van der Waals surface area (Å²) in [5, 5.41) is 2.00. The molecule has 4 heteroatoms. The van der Waals surface area contributed by atoms with Crippen molar-refractivity contribution in [1.82, 2.24) is 9.97 Å². The number of nitrogens with one attached hydrogen (secondary N) is 2. The molecule has 0 bridgehead atoms. The maximum atomic E-state index is 5.87. The lowest BCUT2D eigenvalue weighted by atomic mass is 10.1. The third-order valence-corrected chi connectivity index (χ3v) is 2.55. The van der Waals surface area contributed by atoms with Gasteiger partial charge in [-0.3, -0.25) is 0 Å². The summed E-state index contributed by atoms with van der Waals surface area (Å²) < 4.78 is 0. The second-order valence-corrected chi connectivity index (χ2v) is 3.40. The molecule has 0 atom stereocenters. The molecule has 3 rings (SSSR count). The topological polar surface area (TPSA) is 83.6 Å². The van der Waals surface area contributed by atoms with Crippen molar-refractivity contribution < 1.29 is 0 Å². The molecule has 0 fully saturated rings. The van der Waals surface area contributed by atoms with Crippen LogP contribution in [0.2, 0.25) is 0 Å². The van der Waals surface area contributed by atoms with Crippen molar-refractivity contribution >= 4 is 33.2 Å². The van der Waals surface area contributed by atoms with Crippen LogP contribution in [0, 0.1) is 0 Å². The van der Waals surface area contributed by atoms with Crippen molar-refractivity contribution in [3.8, 4) is 0 Å². The van der Waals surface area contributed by atoms with E-state index in [-0.39, 0.29) is 0 Å². The maximum Gasteiger partial charge on any atom is 0.0579 e. The van der Waals surface area contributed by atoms with Gasteiger partial charge >= 0.3 is 0 Å². The summed E-state index contributed by atoms with van der Waals surface area (Å²) in [6.45, 7) is 0. The molecule has 0 unspecified atom stereocenters. The molecule has 1 aromatic carbocycles. The minimum atomic E-state index is 0.733. The molecule has 0 aliphatic carbocycles. The highest BCUT2D eigenvalue weighted by Crippen LogP contribution is 2.32. The molecular weight excluding hydrogens is 176 g/mol. The van der Waals surface area contributed by atoms with E-state index in [1.165, 1.54) is 0 Å². The van der Waals surface area contributed by atoms with Crippen LogP contribution in [0.15, 0.2) is 24.5 Å². The molecule has 0 amide bonds. The minimum Gasteiger partial charge on any atom is -0.397 e. The van der Waals surface area contributed by atoms with Gasteiger partial charge in [0, 0.05) is 34.2 Å². The van der Waals surface area contributed by atoms with Crippen molar-refractivity contribution in [1.29, 1.82) is 0 Å². The number of fused-ring (bicyclic) bond motifs is 3. The molecule has 2 heterocycles. The predicted octanol–water partition coefficient (Wildman–Crippen LogP) is 1.81. The fraction of sp³-hybridized carbons (Fsp3) is 0. The van der Waals surface area contributed by atoms with Gasteiger partial charge in [0.05, 0.1) is 11.4 Å². The number of anilines is 2. The minimum absolute atomic E-state index is 0.733. The van der Waals surface area contributed by atoms with E-state index < -0.39 is 0 Å². The highest BCUT2D eigenvalue weighted by molar-refractivity contribution is 6.16. The van der Waals surface area contributed by atoms with E-state index in [1.807, 2.05) is 12.1 Å². The Kier molecular flexibility index (Phi) is 1.16. The summed E-state index contributed by atoms with van der Waals surface area (Å²) in [4.78, 5) is 6.21. The predicted molar refractivity (Wildman–Crippen MR) is 59.0 cm³/mol. The van der Waals surface area contributed by atoms with Gasteiger partial charge in [0.1, 0.15) is 0 Å². The number of aromatic amines is 2. The number of benzene rings is 1. The van der Waals surface area contributed by atoms with Crippen LogP contribution in [-0.4, -0.2) is 9.97 Å². The Morgan fingerprint density at radius 2 is 1.21 bits per heavy atom. The number of rotatable bonds is 0. The largest absolute Gasteiger partial charge is 0.397 e. The molecule has 14 heavy (non-hydrogen) atoms. The summed E-state index contributed by atoms with van der Waals surface area (Å²) in [5.74, 6) is 0. The molecule has 0 aliphatic rings. The van der Waals surface area contributed by atoms with Gasteiger partial charge < -0.3 is 21.4 Å². The van der Waals surface area contributed by atoms with Crippen LogP contribution < -0.4 is 11.5 Å². The van der Waals surface area contributed by atoms with E-state index in [0.29, 0.717) is 0 Å². The van der Waals surface area contributed by atoms with Crippen LogP contribution in [0.4, 0.5) is 11.4 Å². The average molecular weight is 186 g/mol. The van der Waals surface area contributed by atoms with Gasteiger partial charge in [-0.05, 0) is 12.1 Å². The fourth-order valence-corrected chi connectivity index (χ4v) is 1.90. The number of aromatic nitrogens is 2. The second-order valence-electron chi connectivity index (χ2n) is 3.40. The van der Waals surface area contributed by atoms with E-state index in [4.69, 9.17) is 11.5 Å². The Balaban J connectivity index is 2.70. The van der Waals surface area contributed by atoms with Gasteiger partial charge in [0.25, 0.3) is 0 Å². The first-order chi connectivity index (χ1) is 6.77. The zero-order valence-corrected chi connectivity index (χ0v) is 7.46. The SMILES string of the molecule is Nc1c[nH]c2ccc3[nH]cc(N)c3c12. The molecule has 6 N–H and O–H groups in total. The first kappa shape index (κ1) is 7.32. The molecule has 0 radical (unpaired) electrons. The molecular formula is C10H10N4. The van der Waals surface area contributed by atoms with Gasteiger partial charge in [0.15, 0.2) is 0 Å². The van der Waals surface area contributed by atoms with E-state index in [1.54, 1.807) is 12.4 Å². The summed E-state index contributed by atoms with van der Waals surface area (Å²) in [7, 11) is 0. The number of nitrogen functional groups attached to an aromatic ring is 2. The highest BCUT2D eigenvalue weighted by atomic mass is 14.8. The molecule has 2 aromatic heterocycles. The number of hydrogen-bond donors (Lipinski definition) is 4. The van der Waals surface area contributed by atoms with Crippen molar-refractivity contribution in [2.75, 3.05) is 11.5 Å². The summed E-state index contributed by atoms with van der Waals surface area (Å²) in [5.41, 5.74) is 15.2. The molecule has 4 nitrogen and oxygen atoms in total. The zero-order valence-electron chi connectivity index (χ0n) is 7.46. The summed E-state index contributed by atoms with van der Waals surface area (Å²) >= 11 is 0. The number of nitrogens with two attached hydrogens (primary N) is 2. The first-order valence-electron chi connectivity index (χ1n) is 4.39. The molecule has 0 saturated carbocycles. The molecule has 3 aromatic rings. The van der Waals surface area contributed by atoms with E-state index in [9.17, 15) is 0 Å². The van der Waals surface area contributed by atoms with Gasteiger partial charge in [0.2, 0.25) is 0 Å². The lowest BCUT2D eigenvalue weighted by Crippen LogP contribution is -1.84. The Labute approximate surface area is 79.9 Å². The van der Waals surface area contributed by atoms with Crippen molar-refractivity contribution in [3.05, 3.63) is 24.5 Å². The van der Waals surface area contributed by atoms with Crippen LogP contribution in [-0.2, 0) is 0 Å². The lowest BCUT2D eigenvalue weighted by Gasteiger charge is -1.96. The fourth-order valence-electron chi connectivity index (χ4n) is 1.90. The van der Waals surface area contributed by atoms with Gasteiger partial charge in [-0.15, -0.1) is 0 Å². The molecule has 0 saturated heterocycles. The number of H-pyrrole nitrogens is 2. The Morgan fingerprint density at radius 3 is 1.64 bits per heavy atom. The zero-order chi connectivity index (χ0) is 9.71. The Bertz CT molecular complexity index is 562. The average Bonchev–Trinajstić information content (AvgIpc) is 2.72. The van der Waals surface area contributed by atoms with Crippen molar-refractivity contribution in [2.45, 2.75) is 0 Å². The second kappa shape index (κ2) is 2.23. The smallest absolute Gasteiger partial charge is 0.0579 e. The van der Waals surface area contributed by atoms with E-state index >= 15 is 0 Å². The highest BCUT2D eigenvalue weighted by Gasteiger charge is 2.08. The van der Waals surface area contributed by atoms with Gasteiger partial charge in [-0.25, -0.2) is 0 Å². The van der Waals surface area contributed by atoms with Crippen LogP contribution in [0.25, 0.3) is 21.8 Å². The first-order valence-corrected chi connectivity index (χ1v) is 4.39. The number of hydrogen-bond acceptors (Lipinski definition) is 2. The van der Waals surface area contributed by atoms with E-state index in [2.05, 4.69) is 9.97 Å². The van der Waals surface area contributed by atoms with Gasteiger partial charge in [-0.1, -0.05) is 0 Å². The van der Waals surface area contributed by atoms with Gasteiger partial charge in [-0.2, -0.15) is 0 Å². The molecule has 70 valence electrons. The third-order valence-electron chi connectivity index (χ3n) is 2.55. The molecule has 0 spiro atoms. The summed E-state index contributed by atoms with van der Waals surface area (Å²) in [6, 6.07) is 3.98. The third kappa shape index (κ3) is 0.724. The van der Waals surface area contributed by atoms with E-state index in [0.717, 1.165) is 33.2 Å². The van der Waals surface area contributed by atoms with Crippen LogP contribution in [0.3, 0.4) is 0 Å². The van der Waals surface area contributed by atoms with Crippen molar-refractivity contribution in [2.24, 2.45) is 0 Å². The Hall–Kier alpha value is -2.10. The summed E-state index contributed by atoms with van der Waals surface area (Å²) in [6.07, 6.45) is 3.58. The quantitative estimate of drug-likeness (QED) is 0.431. The van der Waals surface area contributed by atoms with Crippen LogP contribution in [0.1, 0.15) is 0 Å². The molecule has 0 aliphatic heterocycles. The monoisotopic (exact) mass is 186 g/mol. The van der Waals surface area contributed by atoms with Crippen molar-refractivity contribution in [3.63, 3.8) is 0 Å². The Morgan fingerprint density at radius 1 is 0.786 bits per heavy atom. The van der Waals surface area contributed by atoms with Crippen LogP contribution >= 0.6 is 0 Å². The normalized spacial score (nSPS) is 11.4. The maximum absolute atomic E-state index is 5.87. The van der Waals surface area contributed by atoms with Crippen LogP contribution in [0.5, 0.6) is 0 Å².